The zero-order valence-electron chi connectivity index (χ0n) is 20.3. The van der Waals surface area contributed by atoms with Gasteiger partial charge in [-0.05, 0) is 75.3 Å². The van der Waals surface area contributed by atoms with E-state index in [1.165, 1.54) is 6.07 Å². The molecule has 2 saturated heterocycles. The van der Waals surface area contributed by atoms with Gasteiger partial charge in [0.15, 0.2) is 0 Å². The van der Waals surface area contributed by atoms with Crippen molar-refractivity contribution < 1.29 is 4.39 Å². The van der Waals surface area contributed by atoms with E-state index in [4.69, 9.17) is 10.4 Å². The van der Waals surface area contributed by atoms with Crippen LogP contribution in [0.1, 0.15) is 36.7 Å². The van der Waals surface area contributed by atoms with E-state index >= 15 is 0 Å². The highest BCUT2D eigenvalue weighted by molar-refractivity contribution is 5.94. The lowest BCUT2D eigenvalue weighted by molar-refractivity contribution is 0.315. The van der Waals surface area contributed by atoms with E-state index in [1.807, 2.05) is 29.2 Å². The molecule has 3 aromatic rings. The Morgan fingerprint density at radius 1 is 1.17 bits per heavy atom. The number of amidine groups is 1. The minimum Gasteiger partial charge on any atom is -0.355 e. The zero-order chi connectivity index (χ0) is 24.4. The Morgan fingerprint density at radius 3 is 2.83 bits per heavy atom. The number of nitrogens with zero attached hydrogens (tertiary/aromatic N) is 5. The van der Waals surface area contributed by atoms with E-state index < -0.39 is 0 Å². The van der Waals surface area contributed by atoms with Gasteiger partial charge in [0.05, 0.1) is 23.6 Å². The molecule has 2 aliphatic rings. The maximum Gasteiger partial charge on any atom is 0.130 e. The predicted molar refractivity (Wildman–Crippen MR) is 138 cm³/mol. The van der Waals surface area contributed by atoms with Crippen molar-refractivity contribution >= 4 is 17.7 Å². The molecule has 2 fully saturated rings. The third-order valence-corrected chi connectivity index (χ3v) is 7.02. The standard InChI is InChI=1S/C27H32FN7/c1-33(2)21-13-15-34(18-21)27-10-4-8-22(32-27)23-17-30-26(31-23)12-11-25(29)35-14-5-9-24(35)19-6-3-7-20(28)16-19/h3-4,6-8,10-12,16-17,21,24,29H,5,9,13-15,18H2,1-2H3,(H,30,31)/t21-,24?/m1/s1. The van der Waals surface area contributed by atoms with E-state index in [1.54, 1.807) is 24.4 Å². The molecule has 35 heavy (non-hydrogen) atoms. The van der Waals surface area contributed by atoms with Crippen molar-refractivity contribution in [2.24, 2.45) is 0 Å². The van der Waals surface area contributed by atoms with Crippen LogP contribution in [-0.2, 0) is 0 Å². The Kier molecular flexibility index (Phi) is 6.63. The van der Waals surface area contributed by atoms with E-state index in [-0.39, 0.29) is 11.9 Å². The maximum atomic E-state index is 13.7. The fourth-order valence-corrected chi connectivity index (χ4v) is 5.04. The number of likely N-dealkylation sites (N-methyl/N-ethyl adjacent to an activating group) is 1. The SMILES string of the molecule is CN(C)[C@@H]1CCN(c2cccc(-c3cnc(C=CC(=N)N4CCCC4c4cccc(F)c4)[nH]3)n2)C1. The van der Waals surface area contributed by atoms with Gasteiger partial charge in [0, 0.05) is 25.7 Å². The summed E-state index contributed by atoms with van der Waals surface area (Å²) in [6.07, 6.45) is 8.40. The first-order valence-electron chi connectivity index (χ1n) is 12.2. The summed E-state index contributed by atoms with van der Waals surface area (Å²) < 4.78 is 13.7. The molecule has 4 heterocycles. The summed E-state index contributed by atoms with van der Waals surface area (Å²) in [5, 5.41) is 8.59. The molecule has 0 bridgehead atoms. The summed E-state index contributed by atoms with van der Waals surface area (Å²) in [7, 11) is 4.26. The molecule has 1 unspecified atom stereocenters. The van der Waals surface area contributed by atoms with Crippen LogP contribution in [0.4, 0.5) is 10.2 Å². The highest BCUT2D eigenvalue weighted by Crippen LogP contribution is 2.32. The molecule has 1 aromatic carbocycles. The van der Waals surface area contributed by atoms with Crippen LogP contribution in [0.3, 0.4) is 0 Å². The van der Waals surface area contributed by atoms with Gasteiger partial charge < -0.3 is 19.7 Å². The van der Waals surface area contributed by atoms with Gasteiger partial charge in [0.2, 0.25) is 0 Å². The molecule has 7 nitrogen and oxygen atoms in total. The fraction of sp³-hybridized carbons (Fsp3) is 0.370. The van der Waals surface area contributed by atoms with Crippen molar-refractivity contribution in [2.45, 2.75) is 31.3 Å². The van der Waals surface area contributed by atoms with Crippen LogP contribution in [0.5, 0.6) is 0 Å². The summed E-state index contributed by atoms with van der Waals surface area (Å²) in [6.45, 7) is 2.77. The number of nitrogens with one attached hydrogen (secondary N) is 2. The molecule has 0 aliphatic carbocycles. The van der Waals surface area contributed by atoms with Crippen LogP contribution in [0, 0.1) is 11.2 Å². The van der Waals surface area contributed by atoms with Crippen molar-refractivity contribution in [2.75, 3.05) is 38.6 Å². The number of aromatic nitrogens is 3. The smallest absolute Gasteiger partial charge is 0.130 e. The van der Waals surface area contributed by atoms with E-state index in [0.717, 1.165) is 61.7 Å². The average Bonchev–Trinajstić information content (AvgIpc) is 3.63. The summed E-state index contributed by atoms with van der Waals surface area (Å²) in [5.41, 5.74) is 2.62. The van der Waals surface area contributed by atoms with Gasteiger partial charge in [-0.1, -0.05) is 18.2 Å². The van der Waals surface area contributed by atoms with Crippen molar-refractivity contribution in [1.29, 1.82) is 5.41 Å². The largest absolute Gasteiger partial charge is 0.355 e. The second-order valence-corrected chi connectivity index (χ2v) is 9.54. The molecule has 5 rings (SSSR count). The molecular weight excluding hydrogens is 441 g/mol. The molecule has 0 spiro atoms. The molecule has 0 saturated carbocycles. The molecule has 2 N–H and O–H groups in total. The van der Waals surface area contributed by atoms with Crippen molar-refractivity contribution in [1.82, 2.24) is 24.8 Å². The number of hydrogen-bond acceptors (Lipinski definition) is 5. The van der Waals surface area contributed by atoms with Gasteiger partial charge in [0.25, 0.3) is 0 Å². The number of pyridine rings is 1. The lowest BCUT2D eigenvalue weighted by Gasteiger charge is -2.26. The van der Waals surface area contributed by atoms with E-state index in [2.05, 4.69) is 39.9 Å². The highest BCUT2D eigenvalue weighted by atomic mass is 19.1. The Hall–Kier alpha value is -3.52. The van der Waals surface area contributed by atoms with E-state index in [9.17, 15) is 4.39 Å². The Bertz CT molecular complexity index is 1220. The first-order chi connectivity index (χ1) is 17.0. The Morgan fingerprint density at radius 2 is 2.03 bits per heavy atom. The lowest BCUT2D eigenvalue weighted by atomic mass is 10.0. The van der Waals surface area contributed by atoms with Crippen LogP contribution in [-0.4, -0.2) is 70.4 Å². The quantitative estimate of drug-likeness (QED) is 0.405. The Labute approximate surface area is 205 Å². The first kappa shape index (κ1) is 23.2. The van der Waals surface area contributed by atoms with Gasteiger partial charge in [-0.2, -0.15) is 0 Å². The van der Waals surface area contributed by atoms with Crippen molar-refractivity contribution in [3.63, 3.8) is 0 Å². The number of hydrogen-bond donors (Lipinski definition) is 2. The normalized spacial score (nSPS) is 20.5. The molecule has 2 atom stereocenters. The second-order valence-electron chi connectivity index (χ2n) is 9.54. The molecule has 8 heteroatoms. The lowest BCUT2D eigenvalue weighted by Crippen LogP contribution is -2.31. The number of likely N-dealkylation sites (tertiary alicyclic amines) is 1. The third-order valence-electron chi connectivity index (χ3n) is 7.02. The van der Waals surface area contributed by atoms with Crippen LogP contribution >= 0.6 is 0 Å². The first-order valence-corrected chi connectivity index (χ1v) is 12.2. The Balaban J connectivity index is 1.26. The van der Waals surface area contributed by atoms with Crippen LogP contribution in [0.25, 0.3) is 17.5 Å². The highest BCUT2D eigenvalue weighted by Gasteiger charge is 2.27. The fourth-order valence-electron chi connectivity index (χ4n) is 5.04. The number of aromatic amines is 1. The minimum absolute atomic E-state index is 0.0274. The van der Waals surface area contributed by atoms with E-state index in [0.29, 0.717) is 17.7 Å². The number of anilines is 1. The molecule has 182 valence electrons. The number of H-pyrrole nitrogens is 1. The van der Waals surface area contributed by atoms with Gasteiger partial charge in [-0.3, -0.25) is 5.41 Å². The number of rotatable bonds is 6. The summed E-state index contributed by atoms with van der Waals surface area (Å²) in [6, 6.07) is 13.4. The van der Waals surface area contributed by atoms with Gasteiger partial charge >= 0.3 is 0 Å². The van der Waals surface area contributed by atoms with Crippen molar-refractivity contribution in [3.8, 4) is 11.4 Å². The maximum absolute atomic E-state index is 13.7. The molecule has 2 aromatic heterocycles. The van der Waals surface area contributed by atoms with Crippen LogP contribution in [0.15, 0.2) is 54.7 Å². The van der Waals surface area contributed by atoms with Gasteiger partial charge in [-0.25, -0.2) is 14.4 Å². The third kappa shape index (κ3) is 5.12. The molecular formula is C27H32FN7. The number of imidazole rings is 1. The molecule has 0 amide bonds. The average molecular weight is 474 g/mol. The van der Waals surface area contributed by atoms with Gasteiger partial charge in [-0.15, -0.1) is 0 Å². The minimum atomic E-state index is -0.237. The van der Waals surface area contributed by atoms with Crippen LogP contribution in [0.2, 0.25) is 0 Å². The van der Waals surface area contributed by atoms with Crippen LogP contribution < -0.4 is 4.90 Å². The monoisotopic (exact) mass is 473 g/mol. The number of halogens is 1. The topological polar surface area (TPSA) is 75.1 Å². The summed E-state index contributed by atoms with van der Waals surface area (Å²) in [4.78, 5) is 19.3. The van der Waals surface area contributed by atoms with Gasteiger partial charge in [0.1, 0.15) is 23.3 Å². The summed E-state index contributed by atoms with van der Waals surface area (Å²) >= 11 is 0. The predicted octanol–water partition coefficient (Wildman–Crippen LogP) is 4.58. The molecule has 2 aliphatic heterocycles. The molecule has 0 radical (unpaired) electrons. The van der Waals surface area contributed by atoms with Crippen molar-refractivity contribution in [3.05, 3.63) is 71.9 Å². The number of benzene rings is 1. The summed E-state index contributed by atoms with van der Waals surface area (Å²) in [5.74, 6) is 1.82. The zero-order valence-corrected chi connectivity index (χ0v) is 20.3. The second kappa shape index (κ2) is 10.00.